The van der Waals surface area contributed by atoms with Gasteiger partial charge >= 0.3 is 6.03 Å². The molecule has 4 amide bonds. The van der Waals surface area contributed by atoms with Crippen molar-refractivity contribution in [2.45, 2.75) is 38.1 Å². The van der Waals surface area contributed by atoms with E-state index in [0.717, 1.165) is 43.1 Å². The first-order valence-corrected chi connectivity index (χ1v) is 11.8. The standard InChI is InChI=1S/C23H31ClN4O4/c1-17-6-8-23(9-7-17)21(30)28(22(31)25-23)16-20(29)27-12-10-26(11-13-27)14-15-32-19-4-2-18(24)3-5-19/h2-5,17H,6-16H2,1H3,(H,25,31). The van der Waals surface area contributed by atoms with Gasteiger partial charge in [-0.15, -0.1) is 0 Å². The number of benzene rings is 1. The predicted molar refractivity (Wildman–Crippen MR) is 121 cm³/mol. The van der Waals surface area contributed by atoms with Crippen LogP contribution in [0.5, 0.6) is 5.75 Å². The number of carbonyl (C=O) groups excluding carboxylic acids is 3. The van der Waals surface area contributed by atoms with Crippen LogP contribution in [0.1, 0.15) is 32.6 Å². The van der Waals surface area contributed by atoms with Crippen LogP contribution in [0.3, 0.4) is 0 Å². The van der Waals surface area contributed by atoms with E-state index in [0.29, 0.717) is 43.5 Å². The van der Waals surface area contributed by atoms with Crippen molar-refractivity contribution in [2.75, 3.05) is 45.9 Å². The van der Waals surface area contributed by atoms with E-state index in [4.69, 9.17) is 16.3 Å². The summed E-state index contributed by atoms with van der Waals surface area (Å²) in [5.74, 6) is 0.934. The minimum absolute atomic E-state index is 0.174. The van der Waals surface area contributed by atoms with Gasteiger partial charge in [0.2, 0.25) is 5.91 Å². The predicted octanol–water partition coefficient (Wildman–Crippen LogP) is 2.36. The number of piperazine rings is 1. The zero-order chi connectivity index (χ0) is 22.7. The van der Waals surface area contributed by atoms with Crippen LogP contribution in [-0.4, -0.2) is 84.0 Å². The topological polar surface area (TPSA) is 82.2 Å². The molecule has 4 rings (SSSR count). The number of nitrogens with zero attached hydrogens (tertiary/aromatic N) is 3. The van der Waals surface area contributed by atoms with Gasteiger partial charge in [0, 0.05) is 37.7 Å². The zero-order valence-electron chi connectivity index (χ0n) is 18.5. The first-order valence-electron chi connectivity index (χ1n) is 11.4. The molecule has 32 heavy (non-hydrogen) atoms. The maximum atomic E-state index is 13.0. The molecule has 2 saturated heterocycles. The van der Waals surface area contributed by atoms with Gasteiger partial charge in [0.15, 0.2) is 0 Å². The van der Waals surface area contributed by atoms with Crippen LogP contribution in [0.15, 0.2) is 24.3 Å². The molecule has 1 saturated carbocycles. The van der Waals surface area contributed by atoms with Crippen molar-refractivity contribution in [2.24, 2.45) is 5.92 Å². The number of hydrogen-bond acceptors (Lipinski definition) is 5. The van der Waals surface area contributed by atoms with E-state index in [1.165, 1.54) is 0 Å². The number of urea groups is 1. The summed E-state index contributed by atoms with van der Waals surface area (Å²) in [5, 5.41) is 3.56. The Labute approximate surface area is 193 Å². The number of imide groups is 1. The van der Waals surface area contributed by atoms with Crippen LogP contribution in [-0.2, 0) is 9.59 Å². The molecule has 0 radical (unpaired) electrons. The Bertz CT molecular complexity index is 846. The van der Waals surface area contributed by atoms with Crippen LogP contribution in [0.2, 0.25) is 5.02 Å². The van der Waals surface area contributed by atoms with Gasteiger partial charge in [-0.3, -0.25) is 19.4 Å². The Balaban J connectivity index is 1.21. The van der Waals surface area contributed by atoms with Crippen molar-refractivity contribution in [3.63, 3.8) is 0 Å². The molecule has 0 bridgehead atoms. The summed E-state index contributed by atoms with van der Waals surface area (Å²) in [6, 6.07) is 6.84. The van der Waals surface area contributed by atoms with Crippen molar-refractivity contribution in [3.05, 3.63) is 29.3 Å². The maximum absolute atomic E-state index is 13.0. The highest BCUT2D eigenvalue weighted by Gasteiger charge is 2.52. The number of rotatable bonds is 6. The fourth-order valence-corrected chi connectivity index (χ4v) is 4.82. The number of hydrogen-bond donors (Lipinski definition) is 1. The highest BCUT2D eigenvalue weighted by Crippen LogP contribution is 2.36. The molecule has 174 valence electrons. The fourth-order valence-electron chi connectivity index (χ4n) is 4.69. The van der Waals surface area contributed by atoms with Crippen molar-refractivity contribution in [1.82, 2.24) is 20.0 Å². The highest BCUT2D eigenvalue weighted by atomic mass is 35.5. The van der Waals surface area contributed by atoms with Gasteiger partial charge in [-0.2, -0.15) is 0 Å². The van der Waals surface area contributed by atoms with E-state index in [9.17, 15) is 14.4 Å². The largest absolute Gasteiger partial charge is 0.492 e. The Kier molecular flexibility index (Phi) is 6.90. The van der Waals surface area contributed by atoms with E-state index < -0.39 is 11.6 Å². The normalized spacial score (nSPS) is 26.5. The van der Waals surface area contributed by atoms with Gasteiger partial charge in [0.25, 0.3) is 5.91 Å². The minimum atomic E-state index is -0.799. The van der Waals surface area contributed by atoms with Crippen molar-refractivity contribution >= 4 is 29.4 Å². The van der Waals surface area contributed by atoms with Crippen LogP contribution < -0.4 is 10.1 Å². The van der Waals surface area contributed by atoms with Gasteiger partial charge in [-0.05, 0) is 55.9 Å². The average molecular weight is 463 g/mol. The summed E-state index contributed by atoms with van der Waals surface area (Å²) in [5.41, 5.74) is -0.799. The van der Waals surface area contributed by atoms with E-state index >= 15 is 0 Å². The number of halogens is 1. The first kappa shape index (κ1) is 22.9. The Morgan fingerprint density at radius 2 is 1.78 bits per heavy atom. The monoisotopic (exact) mass is 462 g/mol. The molecule has 8 nitrogen and oxygen atoms in total. The molecule has 2 heterocycles. The lowest BCUT2D eigenvalue weighted by atomic mass is 9.77. The first-order chi connectivity index (χ1) is 15.4. The molecule has 1 aromatic carbocycles. The molecule has 3 aliphatic rings. The molecule has 1 N–H and O–H groups in total. The second-order valence-corrected chi connectivity index (χ2v) is 9.55. The summed E-state index contributed by atoms with van der Waals surface area (Å²) in [6.07, 6.45) is 3.13. The lowest BCUT2D eigenvalue weighted by Crippen LogP contribution is -2.53. The average Bonchev–Trinajstić information content (AvgIpc) is 3.02. The van der Waals surface area contributed by atoms with Crippen molar-refractivity contribution in [3.8, 4) is 5.75 Å². The minimum Gasteiger partial charge on any atom is -0.492 e. The van der Waals surface area contributed by atoms with E-state index in [1.807, 2.05) is 12.1 Å². The summed E-state index contributed by atoms with van der Waals surface area (Å²) in [6.45, 7) is 5.92. The number of nitrogens with one attached hydrogen (secondary N) is 1. The summed E-state index contributed by atoms with van der Waals surface area (Å²) >= 11 is 5.88. The summed E-state index contributed by atoms with van der Waals surface area (Å²) < 4.78 is 5.74. The quantitative estimate of drug-likeness (QED) is 0.656. The number of carbonyl (C=O) groups is 3. The molecule has 1 aliphatic carbocycles. The Morgan fingerprint density at radius 1 is 1.12 bits per heavy atom. The van der Waals surface area contributed by atoms with Gasteiger partial charge in [0.05, 0.1) is 0 Å². The maximum Gasteiger partial charge on any atom is 0.325 e. The van der Waals surface area contributed by atoms with E-state index in [-0.39, 0.29) is 18.4 Å². The molecule has 2 aliphatic heterocycles. The number of ether oxygens (including phenoxy) is 1. The van der Waals surface area contributed by atoms with Gasteiger partial charge < -0.3 is 15.0 Å². The molecule has 9 heteroatoms. The van der Waals surface area contributed by atoms with Crippen LogP contribution >= 0.6 is 11.6 Å². The third-order valence-electron chi connectivity index (χ3n) is 6.88. The number of amides is 4. The molecule has 1 spiro atoms. The Hall–Kier alpha value is -2.32. The summed E-state index contributed by atoms with van der Waals surface area (Å²) in [7, 11) is 0. The zero-order valence-corrected chi connectivity index (χ0v) is 19.3. The molecule has 0 unspecified atom stereocenters. The SMILES string of the molecule is CC1CCC2(CC1)NC(=O)N(CC(=O)N1CCN(CCOc3ccc(Cl)cc3)CC1)C2=O. The van der Waals surface area contributed by atoms with Gasteiger partial charge in [-0.25, -0.2) is 4.79 Å². The van der Waals surface area contributed by atoms with E-state index in [1.54, 1.807) is 17.0 Å². The second-order valence-electron chi connectivity index (χ2n) is 9.11. The third kappa shape index (κ3) is 5.02. The molecular formula is C23H31ClN4O4. The summed E-state index contributed by atoms with van der Waals surface area (Å²) in [4.78, 5) is 43.3. The molecule has 1 aromatic rings. The second kappa shape index (κ2) is 9.67. The van der Waals surface area contributed by atoms with Crippen molar-refractivity contribution in [1.29, 1.82) is 0 Å². The van der Waals surface area contributed by atoms with Gasteiger partial charge in [0.1, 0.15) is 24.4 Å². The molecule has 0 aromatic heterocycles. The molecule has 0 atom stereocenters. The Morgan fingerprint density at radius 3 is 2.44 bits per heavy atom. The lowest BCUT2D eigenvalue weighted by Gasteiger charge is -2.35. The fraction of sp³-hybridized carbons (Fsp3) is 0.609. The van der Waals surface area contributed by atoms with Crippen LogP contribution in [0.4, 0.5) is 4.79 Å². The highest BCUT2D eigenvalue weighted by molar-refractivity contribution is 6.30. The van der Waals surface area contributed by atoms with E-state index in [2.05, 4.69) is 17.1 Å². The van der Waals surface area contributed by atoms with Crippen LogP contribution in [0.25, 0.3) is 0 Å². The smallest absolute Gasteiger partial charge is 0.325 e. The lowest BCUT2D eigenvalue weighted by molar-refractivity contribution is -0.140. The molecular weight excluding hydrogens is 432 g/mol. The van der Waals surface area contributed by atoms with Crippen molar-refractivity contribution < 1.29 is 19.1 Å². The third-order valence-corrected chi connectivity index (χ3v) is 7.13. The van der Waals surface area contributed by atoms with Crippen LogP contribution in [0, 0.1) is 5.92 Å². The van der Waals surface area contributed by atoms with Gasteiger partial charge in [-0.1, -0.05) is 18.5 Å². The molecule has 3 fully saturated rings.